The van der Waals surface area contributed by atoms with Crippen molar-refractivity contribution in [2.75, 3.05) is 6.61 Å². The summed E-state index contributed by atoms with van der Waals surface area (Å²) in [6.45, 7) is 0.487. The molecule has 0 bridgehead atoms. The number of aliphatic carboxylic acids is 1. The van der Waals surface area contributed by atoms with Crippen LogP contribution in [-0.4, -0.2) is 34.7 Å². The molecule has 0 unspecified atom stereocenters. The Kier molecular flexibility index (Phi) is 7.42. The molecule has 0 aromatic heterocycles. The Morgan fingerprint density at radius 1 is 1.73 bits per heavy atom. The summed E-state index contributed by atoms with van der Waals surface area (Å²) in [7, 11) is 0. The van der Waals surface area contributed by atoms with Crippen molar-refractivity contribution >= 4 is 11.9 Å². The standard InChI is InChI=1S/C5H9NO4.Li/c1-3(8)6-4(2-7)5(9)10;/h4,7H,2H2,1H3,(H,6,8)(H,9,10);/q;+1/p-1/t4-;/m0./s1. The molecule has 11 heavy (non-hydrogen) atoms. The fraction of sp³-hybridized carbons (Fsp3) is 0.600. The second-order valence-corrected chi connectivity index (χ2v) is 1.68. The topological polar surface area (TPSA) is 93.0 Å². The molecular formula is C5H8LiNO4. The molecule has 2 N–H and O–H groups in total. The van der Waals surface area contributed by atoms with Gasteiger partial charge in [-0.15, -0.1) is 0 Å². The first-order valence-corrected chi connectivity index (χ1v) is 2.63. The molecule has 0 amide bonds. The molecule has 0 saturated heterocycles. The summed E-state index contributed by atoms with van der Waals surface area (Å²) in [6, 6.07) is -1.31. The molecule has 0 aliphatic carbocycles. The van der Waals surface area contributed by atoms with E-state index in [1.165, 1.54) is 0 Å². The smallest absolute Gasteiger partial charge is 0.862 e. The van der Waals surface area contributed by atoms with E-state index in [1.54, 1.807) is 0 Å². The maximum Gasteiger partial charge on any atom is 1.00 e. The Morgan fingerprint density at radius 2 is 2.18 bits per heavy atom. The second kappa shape index (κ2) is 6.22. The van der Waals surface area contributed by atoms with Crippen molar-refractivity contribution in [2.45, 2.75) is 13.0 Å². The Hall–Kier alpha value is -0.503. The van der Waals surface area contributed by atoms with E-state index in [9.17, 15) is 9.90 Å². The van der Waals surface area contributed by atoms with Crippen LogP contribution in [0.15, 0.2) is 4.99 Å². The monoisotopic (exact) mass is 153 g/mol. The van der Waals surface area contributed by atoms with E-state index < -0.39 is 24.5 Å². The fourth-order valence-electron chi connectivity index (χ4n) is 0.394. The summed E-state index contributed by atoms with van der Waals surface area (Å²) in [5, 5.41) is 26.7. The molecule has 0 aromatic carbocycles. The van der Waals surface area contributed by atoms with Crippen LogP contribution in [0.5, 0.6) is 0 Å². The normalized spacial score (nSPS) is 13.5. The molecule has 0 radical (unpaired) electrons. The zero-order chi connectivity index (χ0) is 8.15. The number of hydrogen-bond acceptors (Lipinski definition) is 4. The van der Waals surface area contributed by atoms with Gasteiger partial charge < -0.3 is 15.3 Å². The van der Waals surface area contributed by atoms with Crippen molar-refractivity contribution in [3.05, 3.63) is 0 Å². The number of nitrogens with zero attached hydrogens (tertiary/aromatic N) is 1. The van der Waals surface area contributed by atoms with Crippen molar-refractivity contribution < 1.29 is 39.0 Å². The van der Waals surface area contributed by atoms with Gasteiger partial charge in [0, 0.05) is 0 Å². The molecule has 0 spiro atoms. The molecule has 0 fully saturated rings. The van der Waals surface area contributed by atoms with Gasteiger partial charge in [-0.25, -0.2) is 4.79 Å². The van der Waals surface area contributed by atoms with Crippen LogP contribution in [-0.2, 0) is 4.79 Å². The van der Waals surface area contributed by atoms with Gasteiger partial charge in [0.1, 0.15) is 0 Å². The van der Waals surface area contributed by atoms with E-state index >= 15 is 0 Å². The van der Waals surface area contributed by atoms with E-state index in [0.29, 0.717) is 0 Å². The van der Waals surface area contributed by atoms with Crippen molar-refractivity contribution in [1.29, 1.82) is 0 Å². The van der Waals surface area contributed by atoms with Gasteiger partial charge in [-0.1, -0.05) is 0 Å². The van der Waals surface area contributed by atoms with Gasteiger partial charge in [0.25, 0.3) is 0 Å². The molecule has 6 heteroatoms. The third kappa shape index (κ3) is 5.92. The minimum absolute atomic E-state index is 0. The molecule has 0 aromatic rings. The quantitative estimate of drug-likeness (QED) is 0.242. The van der Waals surface area contributed by atoms with E-state index in [0.717, 1.165) is 6.92 Å². The van der Waals surface area contributed by atoms with Crippen LogP contribution in [0.2, 0.25) is 0 Å². The fourth-order valence-corrected chi connectivity index (χ4v) is 0.394. The number of aliphatic hydroxyl groups excluding tert-OH is 1. The number of carbonyl (C=O) groups is 1. The second-order valence-electron chi connectivity index (χ2n) is 1.68. The van der Waals surface area contributed by atoms with E-state index in [-0.39, 0.29) is 18.9 Å². The number of carboxylic acids is 1. The number of rotatable bonds is 3. The van der Waals surface area contributed by atoms with Crippen molar-refractivity contribution in [3.8, 4) is 0 Å². The van der Waals surface area contributed by atoms with Gasteiger partial charge in [0.2, 0.25) is 0 Å². The minimum Gasteiger partial charge on any atom is -0.862 e. The van der Waals surface area contributed by atoms with Gasteiger partial charge in [-0.2, -0.15) is 0 Å². The Balaban J connectivity index is 0. The Morgan fingerprint density at radius 3 is 2.27 bits per heavy atom. The first kappa shape index (κ1) is 13.1. The Bertz CT molecular complexity index is 155. The van der Waals surface area contributed by atoms with Gasteiger partial charge in [-0.3, -0.25) is 4.99 Å². The van der Waals surface area contributed by atoms with Crippen LogP contribution in [0.4, 0.5) is 0 Å². The third-order valence-corrected chi connectivity index (χ3v) is 0.796. The van der Waals surface area contributed by atoms with Gasteiger partial charge in [-0.05, 0) is 12.8 Å². The van der Waals surface area contributed by atoms with E-state index in [4.69, 9.17) is 10.2 Å². The third-order valence-electron chi connectivity index (χ3n) is 0.796. The molecule has 58 valence electrons. The Labute approximate surface area is 75.9 Å². The first-order chi connectivity index (χ1) is 4.57. The van der Waals surface area contributed by atoms with Gasteiger partial charge >= 0.3 is 24.8 Å². The zero-order valence-electron chi connectivity index (χ0n) is 6.44. The van der Waals surface area contributed by atoms with Crippen LogP contribution < -0.4 is 24.0 Å². The molecule has 1 atom stereocenters. The van der Waals surface area contributed by atoms with E-state index in [2.05, 4.69) is 4.99 Å². The maximum atomic E-state index is 10.2. The first-order valence-electron chi connectivity index (χ1n) is 2.63. The summed E-state index contributed by atoms with van der Waals surface area (Å²) in [6.07, 6.45) is 0. The van der Waals surface area contributed by atoms with Crippen molar-refractivity contribution in [1.82, 2.24) is 0 Å². The number of aliphatic imine (C=N–C) groups is 1. The zero-order valence-corrected chi connectivity index (χ0v) is 6.44. The van der Waals surface area contributed by atoms with Crippen LogP contribution in [0.3, 0.4) is 0 Å². The number of aliphatic hydroxyl groups is 1. The molecule has 0 aliphatic heterocycles. The van der Waals surface area contributed by atoms with Crippen LogP contribution in [0, 0.1) is 0 Å². The summed E-state index contributed by atoms with van der Waals surface area (Å²) in [5.41, 5.74) is 0. The average molecular weight is 153 g/mol. The minimum atomic E-state index is -1.31. The van der Waals surface area contributed by atoms with E-state index in [1.807, 2.05) is 0 Å². The van der Waals surface area contributed by atoms with Crippen LogP contribution in [0.25, 0.3) is 0 Å². The maximum absolute atomic E-state index is 10.2. The average Bonchev–Trinajstić information content (AvgIpc) is 1.81. The molecule has 0 rings (SSSR count). The molecule has 0 aliphatic rings. The molecule has 0 saturated carbocycles. The summed E-state index contributed by atoms with van der Waals surface area (Å²) in [4.78, 5) is 13.2. The number of carboxylic acid groups (broad SMARTS) is 1. The molecular weight excluding hydrogens is 145 g/mol. The predicted octanol–water partition coefficient (Wildman–Crippen LogP) is -4.79. The van der Waals surface area contributed by atoms with Gasteiger partial charge in [0.15, 0.2) is 6.04 Å². The molecule has 5 nitrogen and oxygen atoms in total. The summed E-state index contributed by atoms with van der Waals surface area (Å²) in [5.74, 6) is -1.89. The largest absolute Gasteiger partial charge is 1.00 e. The summed E-state index contributed by atoms with van der Waals surface area (Å²) >= 11 is 0. The van der Waals surface area contributed by atoms with Crippen molar-refractivity contribution in [3.63, 3.8) is 0 Å². The molecule has 0 heterocycles. The number of hydrogen-bond donors (Lipinski definition) is 2. The van der Waals surface area contributed by atoms with Crippen molar-refractivity contribution in [2.24, 2.45) is 4.99 Å². The van der Waals surface area contributed by atoms with Crippen LogP contribution >= 0.6 is 0 Å². The van der Waals surface area contributed by atoms with Crippen LogP contribution in [0.1, 0.15) is 6.92 Å². The van der Waals surface area contributed by atoms with Gasteiger partial charge in [0.05, 0.1) is 6.61 Å². The SMILES string of the molecule is CC([O-])=N[C@@H](CO)C(=O)O.[Li+]. The predicted molar refractivity (Wildman–Crippen MR) is 31.6 cm³/mol. The summed E-state index contributed by atoms with van der Waals surface area (Å²) < 4.78 is 0.